The summed E-state index contributed by atoms with van der Waals surface area (Å²) in [5.41, 5.74) is 0.0148. The molecule has 1 unspecified atom stereocenters. The van der Waals surface area contributed by atoms with E-state index < -0.39 is 0 Å². The molecule has 1 aliphatic rings. The van der Waals surface area contributed by atoms with Gasteiger partial charge in [-0.15, -0.1) is 0 Å². The second kappa shape index (κ2) is 7.76. The topological polar surface area (TPSA) is 29.1 Å². The number of rotatable bonds is 8. The van der Waals surface area contributed by atoms with Gasteiger partial charge in [0.05, 0.1) is 0 Å². The Balaban J connectivity index is 2.87. The summed E-state index contributed by atoms with van der Waals surface area (Å²) >= 11 is 0. The van der Waals surface area contributed by atoms with Gasteiger partial charge in [-0.05, 0) is 46.0 Å². The van der Waals surface area contributed by atoms with Crippen LogP contribution in [0.15, 0.2) is 0 Å². The first kappa shape index (κ1) is 18.7. The molecule has 0 aromatic rings. The minimum Gasteiger partial charge on any atom is -0.308 e. The molecule has 3 atom stereocenters. The van der Waals surface area contributed by atoms with E-state index in [0.29, 0.717) is 11.8 Å². The van der Waals surface area contributed by atoms with Crippen molar-refractivity contribution in [2.24, 2.45) is 11.3 Å². The lowest BCUT2D eigenvalue weighted by Crippen LogP contribution is -2.53. The van der Waals surface area contributed by atoms with E-state index in [1.54, 1.807) is 0 Å². The van der Waals surface area contributed by atoms with Gasteiger partial charge in [0.15, 0.2) is 0 Å². The Hall–Kier alpha value is -0.370. The van der Waals surface area contributed by atoms with Crippen molar-refractivity contribution < 1.29 is 4.79 Å². The summed E-state index contributed by atoms with van der Waals surface area (Å²) in [5, 5.41) is 3.79. The molecule has 1 rings (SSSR count). The lowest BCUT2D eigenvalue weighted by atomic mass is 9.68. The molecule has 0 aromatic heterocycles. The highest BCUT2D eigenvalue weighted by Gasteiger charge is 2.41. The Morgan fingerprint density at radius 2 is 1.67 bits per heavy atom. The molecule has 0 radical (unpaired) electrons. The van der Waals surface area contributed by atoms with Crippen LogP contribution in [0.3, 0.4) is 0 Å². The quantitative estimate of drug-likeness (QED) is 0.674. The number of Topliss-reactive ketones (excluding diaryl/α,β-unsaturated/α-hetero) is 1. The highest BCUT2D eigenvalue weighted by atomic mass is 16.1. The summed E-state index contributed by atoms with van der Waals surface area (Å²) in [6, 6.07) is 0.379. The van der Waals surface area contributed by atoms with Gasteiger partial charge in [0.1, 0.15) is 5.78 Å². The number of carbonyl (C=O) groups is 1. The number of nitrogens with one attached hydrogen (secondary N) is 1. The van der Waals surface area contributed by atoms with Crippen LogP contribution in [0.4, 0.5) is 0 Å². The van der Waals surface area contributed by atoms with Gasteiger partial charge in [-0.2, -0.15) is 0 Å². The van der Waals surface area contributed by atoms with Crippen LogP contribution in [-0.4, -0.2) is 17.4 Å². The van der Waals surface area contributed by atoms with E-state index in [0.717, 1.165) is 38.5 Å². The number of ketones is 1. The molecule has 0 bridgehead atoms. The minimum absolute atomic E-state index is 0.118. The fraction of sp³-hybridized carbons (Fsp3) is 0.947. The standard InChI is InChI=1S/C19H37NO/c1-7-14-19(6,9-3)17(21)15-12-10-11-13-16(15)20-18(4,5)8-2/h15-16,20H,7-14H2,1-6H3/t15-,16+,19?/m0/s1. The summed E-state index contributed by atoms with van der Waals surface area (Å²) in [4.78, 5) is 13.2. The number of carbonyl (C=O) groups excluding carboxylic acids is 1. The molecule has 1 aliphatic carbocycles. The molecule has 1 N–H and O–H groups in total. The molecule has 124 valence electrons. The van der Waals surface area contributed by atoms with Crippen molar-refractivity contribution in [3.63, 3.8) is 0 Å². The predicted octanol–water partition coefficient (Wildman–Crippen LogP) is 5.11. The second-order valence-corrected chi connectivity index (χ2v) is 7.91. The van der Waals surface area contributed by atoms with E-state index in [9.17, 15) is 4.79 Å². The fourth-order valence-electron chi connectivity index (χ4n) is 3.69. The van der Waals surface area contributed by atoms with Crippen molar-refractivity contribution in [1.82, 2.24) is 5.32 Å². The highest BCUT2D eigenvalue weighted by Crippen LogP contribution is 2.37. The van der Waals surface area contributed by atoms with Crippen molar-refractivity contribution in [2.45, 2.75) is 104 Å². The summed E-state index contributed by atoms with van der Waals surface area (Å²) in [5.74, 6) is 0.747. The number of hydrogen-bond donors (Lipinski definition) is 1. The Morgan fingerprint density at radius 3 is 2.19 bits per heavy atom. The third-order valence-corrected chi connectivity index (χ3v) is 5.74. The zero-order chi connectivity index (χ0) is 16.1. The molecule has 1 fully saturated rings. The second-order valence-electron chi connectivity index (χ2n) is 7.91. The molecule has 0 heterocycles. The summed E-state index contributed by atoms with van der Waals surface area (Å²) < 4.78 is 0. The van der Waals surface area contributed by atoms with Crippen LogP contribution in [0.5, 0.6) is 0 Å². The monoisotopic (exact) mass is 295 g/mol. The summed E-state index contributed by atoms with van der Waals surface area (Å²) in [6.07, 6.45) is 8.92. The third-order valence-electron chi connectivity index (χ3n) is 5.74. The molecule has 2 nitrogen and oxygen atoms in total. The van der Waals surface area contributed by atoms with E-state index >= 15 is 0 Å². The largest absolute Gasteiger partial charge is 0.308 e. The van der Waals surface area contributed by atoms with Gasteiger partial charge in [0.25, 0.3) is 0 Å². The number of hydrogen-bond acceptors (Lipinski definition) is 2. The van der Waals surface area contributed by atoms with E-state index in [1.165, 1.54) is 12.8 Å². The van der Waals surface area contributed by atoms with Crippen LogP contribution < -0.4 is 5.32 Å². The normalized spacial score (nSPS) is 26.4. The van der Waals surface area contributed by atoms with Crippen LogP contribution >= 0.6 is 0 Å². The average Bonchev–Trinajstić information content (AvgIpc) is 2.47. The first-order chi connectivity index (χ1) is 9.79. The molecule has 0 aliphatic heterocycles. The highest BCUT2D eigenvalue weighted by molar-refractivity contribution is 5.87. The maximum Gasteiger partial charge on any atom is 0.143 e. The molecule has 0 spiro atoms. The maximum absolute atomic E-state index is 13.2. The Morgan fingerprint density at radius 1 is 1.05 bits per heavy atom. The van der Waals surface area contributed by atoms with Crippen molar-refractivity contribution in [3.8, 4) is 0 Å². The van der Waals surface area contributed by atoms with Crippen LogP contribution in [0.25, 0.3) is 0 Å². The van der Waals surface area contributed by atoms with Crippen molar-refractivity contribution in [1.29, 1.82) is 0 Å². The summed E-state index contributed by atoms with van der Waals surface area (Å²) in [7, 11) is 0. The molecule has 21 heavy (non-hydrogen) atoms. The van der Waals surface area contributed by atoms with E-state index in [-0.39, 0.29) is 16.9 Å². The van der Waals surface area contributed by atoms with E-state index in [4.69, 9.17) is 0 Å². The summed E-state index contributed by atoms with van der Waals surface area (Å²) in [6.45, 7) is 13.3. The Bertz CT molecular complexity index is 336. The minimum atomic E-state index is -0.118. The molecule has 1 saturated carbocycles. The van der Waals surface area contributed by atoms with Gasteiger partial charge in [-0.1, -0.05) is 47.0 Å². The van der Waals surface area contributed by atoms with E-state index in [1.807, 2.05) is 0 Å². The van der Waals surface area contributed by atoms with Crippen molar-refractivity contribution in [2.75, 3.05) is 0 Å². The smallest absolute Gasteiger partial charge is 0.143 e. The first-order valence-electron chi connectivity index (χ1n) is 9.11. The lowest BCUT2D eigenvalue weighted by molar-refractivity contribution is -0.135. The van der Waals surface area contributed by atoms with Gasteiger partial charge in [0.2, 0.25) is 0 Å². The van der Waals surface area contributed by atoms with Gasteiger partial charge in [-0.25, -0.2) is 0 Å². The van der Waals surface area contributed by atoms with Crippen LogP contribution in [0.1, 0.15) is 92.9 Å². The first-order valence-corrected chi connectivity index (χ1v) is 9.11. The van der Waals surface area contributed by atoms with Gasteiger partial charge < -0.3 is 5.32 Å². The van der Waals surface area contributed by atoms with Gasteiger partial charge in [-0.3, -0.25) is 4.79 Å². The average molecular weight is 296 g/mol. The fourth-order valence-corrected chi connectivity index (χ4v) is 3.69. The maximum atomic E-state index is 13.2. The predicted molar refractivity (Wildman–Crippen MR) is 91.6 cm³/mol. The molecule has 0 saturated heterocycles. The van der Waals surface area contributed by atoms with Crippen molar-refractivity contribution >= 4 is 5.78 Å². The van der Waals surface area contributed by atoms with Crippen molar-refractivity contribution in [3.05, 3.63) is 0 Å². The zero-order valence-corrected chi connectivity index (χ0v) is 15.2. The molecule has 0 amide bonds. The Kier molecular flexibility index (Phi) is 6.90. The van der Waals surface area contributed by atoms with Gasteiger partial charge in [0, 0.05) is 22.9 Å². The van der Waals surface area contributed by atoms with Gasteiger partial charge >= 0.3 is 0 Å². The zero-order valence-electron chi connectivity index (χ0n) is 15.2. The SMILES string of the molecule is CCCC(C)(CC)C(=O)[C@H]1CCCC[C@H]1NC(C)(C)CC. The van der Waals surface area contributed by atoms with Crippen LogP contribution in [0, 0.1) is 11.3 Å². The molecular formula is C19H37NO. The Labute approximate surface area is 132 Å². The molecule has 0 aromatic carbocycles. The lowest BCUT2D eigenvalue weighted by Gasteiger charge is -2.41. The van der Waals surface area contributed by atoms with Crippen LogP contribution in [-0.2, 0) is 4.79 Å². The molecule has 2 heteroatoms. The van der Waals surface area contributed by atoms with Crippen LogP contribution in [0.2, 0.25) is 0 Å². The van der Waals surface area contributed by atoms with E-state index in [2.05, 4.69) is 46.9 Å². The third kappa shape index (κ3) is 4.81. The molecular weight excluding hydrogens is 258 g/mol.